The summed E-state index contributed by atoms with van der Waals surface area (Å²) in [5.41, 5.74) is 0. The van der Waals surface area contributed by atoms with Gasteiger partial charge in [0.2, 0.25) is 0 Å². The molecular formula is C30H60NO2+. The van der Waals surface area contributed by atoms with Crippen molar-refractivity contribution in [3.05, 3.63) is 0 Å². The van der Waals surface area contributed by atoms with Crippen molar-refractivity contribution in [3.8, 4) is 0 Å². The van der Waals surface area contributed by atoms with Gasteiger partial charge in [-0.05, 0) is 12.8 Å². The third kappa shape index (κ3) is 22.8. The molecule has 196 valence electrons. The molecule has 3 nitrogen and oxygen atoms in total. The molecule has 1 unspecified atom stereocenters. The summed E-state index contributed by atoms with van der Waals surface area (Å²) in [5.74, 6) is 0.536. The molecule has 0 aromatic carbocycles. The summed E-state index contributed by atoms with van der Waals surface area (Å²) in [5, 5.41) is 0. The highest BCUT2D eigenvalue weighted by atomic mass is 16.1. The summed E-state index contributed by atoms with van der Waals surface area (Å²) in [6, 6.07) is 0. The van der Waals surface area contributed by atoms with Crippen LogP contribution in [0.1, 0.15) is 149 Å². The maximum atomic E-state index is 12.9. The maximum Gasteiger partial charge on any atom is 0.142 e. The molecule has 0 spiro atoms. The summed E-state index contributed by atoms with van der Waals surface area (Å²) < 4.78 is 0.749. The minimum atomic E-state index is -0.0925. The minimum absolute atomic E-state index is 0.0925. The number of carbonyl (C=O) groups excluding carboxylic acids is 2. The van der Waals surface area contributed by atoms with E-state index in [1.807, 2.05) is 0 Å². The molecule has 0 aliphatic carbocycles. The van der Waals surface area contributed by atoms with Gasteiger partial charge < -0.3 is 4.48 Å². The van der Waals surface area contributed by atoms with Gasteiger partial charge in [0.25, 0.3) is 0 Å². The van der Waals surface area contributed by atoms with E-state index in [4.69, 9.17) is 0 Å². The molecule has 0 aromatic heterocycles. The highest BCUT2D eigenvalue weighted by Crippen LogP contribution is 2.18. The van der Waals surface area contributed by atoms with Gasteiger partial charge in [-0.2, -0.15) is 0 Å². The average molecular weight is 467 g/mol. The molecular weight excluding hydrogens is 406 g/mol. The Kier molecular flexibility index (Phi) is 21.3. The first-order valence-electron chi connectivity index (χ1n) is 14.6. The zero-order valence-corrected chi connectivity index (χ0v) is 23.4. The van der Waals surface area contributed by atoms with Gasteiger partial charge in [0.05, 0.1) is 33.6 Å². The highest BCUT2D eigenvalue weighted by Gasteiger charge is 2.27. The Morgan fingerprint density at radius 1 is 0.545 bits per heavy atom. The molecule has 0 fully saturated rings. The Morgan fingerprint density at radius 2 is 0.909 bits per heavy atom. The van der Waals surface area contributed by atoms with Crippen LogP contribution in [0.2, 0.25) is 0 Å². The van der Waals surface area contributed by atoms with Crippen molar-refractivity contribution in [2.24, 2.45) is 5.92 Å². The Bertz CT molecular complexity index is 466. The number of rotatable bonds is 25. The monoisotopic (exact) mass is 466 g/mol. The van der Waals surface area contributed by atoms with Gasteiger partial charge in [0.1, 0.15) is 11.6 Å². The number of hydrogen-bond acceptors (Lipinski definition) is 2. The molecule has 0 N–H and O–H groups in total. The van der Waals surface area contributed by atoms with E-state index in [2.05, 4.69) is 35.0 Å². The van der Waals surface area contributed by atoms with Crippen molar-refractivity contribution in [3.63, 3.8) is 0 Å². The van der Waals surface area contributed by atoms with Crippen LogP contribution in [0, 0.1) is 5.92 Å². The van der Waals surface area contributed by atoms with Crippen LogP contribution >= 0.6 is 0 Å². The molecule has 0 heterocycles. The Labute approximate surface area is 208 Å². The number of ketones is 2. The van der Waals surface area contributed by atoms with Gasteiger partial charge in [-0.25, -0.2) is 0 Å². The van der Waals surface area contributed by atoms with Crippen molar-refractivity contribution in [1.82, 2.24) is 0 Å². The predicted octanol–water partition coefficient (Wildman–Crippen LogP) is 8.68. The molecule has 1 atom stereocenters. The Balaban J connectivity index is 4.08. The molecule has 0 amide bonds. The van der Waals surface area contributed by atoms with Crippen LogP contribution in [0.4, 0.5) is 0 Å². The SMILES string of the molecule is CCCCCCCCCCCC(=O)CC(C[N+](C)(C)C)C(=O)CCCCCCCCCCC. The standard InChI is InChI=1S/C30H60NO2/c1-6-8-10-12-14-16-18-20-22-24-29(32)26-28(27-31(3,4)5)30(33)25-23-21-19-17-15-13-11-9-7-2/h28H,6-27H2,1-5H3/q+1. The van der Waals surface area contributed by atoms with E-state index in [-0.39, 0.29) is 5.92 Å². The van der Waals surface area contributed by atoms with Crippen molar-refractivity contribution in [2.45, 2.75) is 149 Å². The molecule has 0 radical (unpaired) electrons. The molecule has 33 heavy (non-hydrogen) atoms. The molecule has 0 aromatic rings. The number of quaternary nitrogens is 1. The van der Waals surface area contributed by atoms with E-state index in [1.165, 1.54) is 89.9 Å². The average Bonchev–Trinajstić information content (AvgIpc) is 2.75. The summed E-state index contributed by atoms with van der Waals surface area (Å²) in [4.78, 5) is 25.5. The summed E-state index contributed by atoms with van der Waals surface area (Å²) in [6.45, 7) is 5.29. The lowest BCUT2D eigenvalue weighted by Crippen LogP contribution is -2.42. The van der Waals surface area contributed by atoms with Crippen LogP contribution in [-0.4, -0.2) is 43.7 Å². The highest BCUT2D eigenvalue weighted by molar-refractivity contribution is 5.88. The topological polar surface area (TPSA) is 34.1 Å². The fourth-order valence-electron chi connectivity index (χ4n) is 4.77. The molecule has 0 aliphatic heterocycles. The van der Waals surface area contributed by atoms with Gasteiger partial charge in [-0.15, -0.1) is 0 Å². The second kappa shape index (κ2) is 21.8. The van der Waals surface area contributed by atoms with Gasteiger partial charge >= 0.3 is 0 Å². The predicted molar refractivity (Wildman–Crippen MR) is 145 cm³/mol. The van der Waals surface area contributed by atoms with Gasteiger partial charge in [0.15, 0.2) is 0 Å². The quantitative estimate of drug-likeness (QED) is 0.0996. The first-order valence-corrected chi connectivity index (χ1v) is 14.6. The molecule has 0 saturated heterocycles. The second-order valence-electron chi connectivity index (χ2n) is 11.5. The summed E-state index contributed by atoms with van der Waals surface area (Å²) >= 11 is 0. The van der Waals surface area contributed by atoms with E-state index in [1.54, 1.807) is 0 Å². The van der Waals surface area contributed by atoms with Crippen LogP contribution in [0.5, 0.6) is 0 Å². The van der Waals surface area contributed by atoms with Crippen LogP contribution in [0.15, 0.2) is 0 Å². The van der Waals surface area contributed by atoms with E-state index < -0.39 is 0 Å². The van der Waals surface area contributed by atoms with Gasteiger partial charge in [-0.3, -0.25) is 9.59 Å². The summed E-state index contributed by atoms with van der Waals surface area (Å²) in [6.07, 6.45) is 24.7. The Morgan fingerprint density at radius 3 is 1.30 bits per heavy atom. The molecule has 0 rings (SSSR count). The van der Waals surface area contributed by atoms with Crippen molar-refractivity contribution in [1.29, 1.82) is 0 Å². The zero-order valence-electron chi connectivity index (χ0n) is 23.4. The zero-order chi connectivity index (χ0) is 24.8. The smallest absolute Gasteiger partial charge is 0.142 e. The van der Waals surface area contributed by atoms with E-state index in [0.717, 1.165) is 36.7 Å². The molecule has 0 bridgehead atoms. The maximum absolute atomic E-state index is 12.9. The van der Waals surface area contributed by atoms with Crippen LogP contribution in [0.25, 0.3) is 0 Å². The van der Waals surface area contributed by atoms with Crippen LogP contribution in [0.3, 0.4) is 0 Å². The van der Waals surface area contributed by atoms with Crippen molar-refractivity contribution >= 4 is 11.6 Å². The van der Waals surface area contributed by atoms with Crippen LogP contribution < -0.4 is 0 Å². The van der Waals surface area contributed by atoms with Crippen molar-refractivity contribution in [2.75, 3.05) is 27.7 Å². The molecule has 0 saturated carbocycles. The second-order valence-corrected chi connectivity index (χ2v) is 11.5. The fourth-order valence-corrected chi connectivity index (χ4v) is 4.77. The number of carbonyl (C=O) groups is 2. The molecule has 0 aliphatic rings. The number of Topliss-reactive ketones (excluding diaryl/α,β-unsaturated/α-hetero) is 2. The fraction of sp³-hybridized carbons (Fsp3) is 0.933. The minimum Gasteiger partial charge on any atom is -0.330 e. The number of hydrogen-bond donors (Lipinski definition) is 0. The van der Waals surface area contributed by atoms with Crippen molar-refractivity contribution < 1.29 is 14.1 Å². The van der Waals surface area contributed by atoms with Gasteiger partial charge in [-0.1, -0.05) is 117 Å². The largest absolute Gasteiger partial charge is 0.330 e. The third-order valence-corrected chi connectivity index (χ3v) is 6.78. The lowest BCUT2D eigenvalue weighted by molar-refractivity contribution is -0.872. The lowest BCUT2D eigenvalue weighted by atomic mass is 9.91. The van der Waals surface area contributed by atoms with E-state index >= 15 is 0 Å². The number of nitrogens with zero attached hydrogens (tertiary/aromatic N) is 1. The van der Waals surface area contributed by atoms with E-state index in [9.17, 15) is 9.59 Å². The normalized spacial score (nSPS) is 12.8. The van der Waals surface area contributed by atoms with E-state index in [0.29, 0.717) is 30.8 Å². The first-order chi connectivity index (χ1) is 15.8. The summed E-state index contributed by atoms with van der Waals surface area (Å²) in [7, 11) is 6.39. The Hall–Kier alpha value is -0.700. The third-order valence-electron chi connectivity index (χ3n) is 6.78. The lowest BCUT2D eigenvalue weighted by Gasteiger charge is -2.28. The van der Waals surface area contributed by atoms with Crippen LogP contribution in [-0.2, 0) is 9.59 Å². The number of unbranched alkanes of at least 4 members (excludes halogenated alkanes) is 16. The first kappa shape index (κ1) is 32.3. The van der Waals surface area contributed by atoms with Gasteiger partial charge in [0, 0.05) is 19.3 Å². The molecule has 3 heteroatoms.